The van der Waals surface area contributed by atoms with Gasteiger partial charge in [-0.1, -0.05) is 358 Å². The van der Waals surface area contributed by atoms with Gasteiger partial charge >= 0.3 is 5.97 Å². The normalized spacial score (nSPS) is 17.6. The Morgan fingerprint density at radius 2 is 0.705 bits per heavy atom. The molecule has 0 saturated carbocycles. The molecule has 6 N–H and O–H groups in total. The second-order valence-electron chi connectivity index (χ2n) is 28.8. The SMILES string of the molecule is CCCCCC/C=C\C/C=C\CCCCCCCC(=O)OCCCCCCCCCCCCCCCCCCCC/C=C\CCCCCCCCCCCCCCCCCCCC(=O)NC(COC1OC(CO)C(O)C(O)C1O)C(O)/C=C/CCCCCCCCCCCC. The first-order chi connectivity index (χ1) is 46.7. The van der Waals surface area contributed by atoms with Gasteiger partial charge in [-0.15, -0.1) is 0 Å². The number of nitrogens with one attached hydrogen (secondary N) is 1. The molecule has 1 rings (SSSR count). The largest absolute Gasteiger partial charge is 0.466 e. The van der Waals surface area contributed by atoms with Crippen LogP contribution in [0, 0.1) is 0 Å². The van der Waals surface area contributed by atoms with Crippen LogP contribution in [0.5, 0.6) is 0 Å². The minimum atomic E-state index is -1.57. The standard InChI is InChI=1S/C84H157NO10/c1-3-5-7-9-11-13-15-17-18-45-48-52-56-60-64-68-72-80(89)93-73-69-65-61-57-53-49-46-43-41-39-37-35-33-31-29-27-25-23-21-19-20-22-24-26-28-30-32-34-36-38-40-42-44-47-51-55-59-63-67-71-79(88)85-76(75-94-84-83(92)82(91)81(90)78(74-86)95-84)77(87)70-66-62-58-54-50-16-14-12-10-8-6-4-2/h13,15,18-20,45,66,70,76-78,81-84,86-87,90-92H,3-12,14,16-17,21-44,46-65,67-69,71-75H2,1-2H3,(H,85,88)/b15-13-,20-19-,45-18-,70-66+. The maximum atomic E-state index is 13.1. The topological polar surface area (TPSA) is 175 Å². The van der Waals surface area contributed by atoms with Crippen LogP contribution in [-0.4, -0.2) is 100 Å². The highest BCUT2D eigenvalue weighted by Crippen LogP contribution is 2.24. The van der Waals surface area contributed by atoms with E-state index >= 15 is 0 Å². The lowest BCUT2D eigenvalue weighted by molar-refractivity contribution is -0.302. The first kappa shape index (κ1) is 90.6. The van der Waals surface area contributed by atoms with Crippen molar-refractivity contribution in [2.45, 2.75) is 455 Å². The molecule has 0 aliphatic carbocycles. The van der Waals surface area contributed by atoms with Gasteiger partial charge in [0, 0.05) is 12.8 Å². The number of aliphatic hydroxyl groups is 5. The van der Waals surface area contributed by atoms with Crippen molar-refractivity contribution in [3.8, 4) is 0 Å². The minimum Gasteiger partial charge on any atom is -0.466 e. The molecule has 1 aliphatic rings. The third-order valence-corrected chi connectivity index (χ3v) is 19.7. The molecule has 0 aromatic rings. The quantitative estimate of drug-likeness (QED) is 0.0195. The second kappa shape index (κ2) is 72.9. The Balaban J connectivity index is 1.87. The Kier molecular flexibility index (Phi) is 69.5. The maximum Gasteiger partial charge on any atom is 0.305 e. The van der Waals surface area contributed by atoms with Crippen LogP contribution in [0.4, 0.5) is 0 Å². The number of hydrogen-bond acceptors (Lipinski definition) is 10. The number of hydrogen-bond donors (Lipinski definition) is 6. The summed E-state index contributed by atoms with van der Waals surface area (Å²) in [6, 6.07) is -0.807. The monoisotopic (exact) mass is 1340 g/mol. The van der Waals surface area contributed by atoms with Gasteiger partial charge in [-0.3, -0.25) is 9.59 Å². The molecule has 0 aromatic heterocycles. The van der Waals surface area contributed by atoms with Crippen molar-refractivity contribution >= 4 is 11.9 Å². The average molecular weight is 1340 g/mol. The smallest absolute Gasteiger partial charge is 0.305 e. The molecule has 7 atom stereocenters. The van der Waals surface area contributed by atoms with Crippen LogP contribution in [0.15, 0.2) is 48.6 Å². The lowest BCUT2D eigenvalue weighted by Crippen LogP contribution is -2.60. The molecule has 1 fully saturated rings. The lowest BCUT2D eigenvalue weighted by Gasteiger charge is -2.40. The van der Waals surface area contributed by atoms with Gasteiger partial charge in [0.2, 0.25) is 5.91 Å². The van der Waals surface area contributed by atoms with E-state index in [2.05, 4.69) is 55.6 Å². The molecule has 1 saturated heterocycles. The molecule has 1 aliphatic heterocycles. The fraction of sp³-hybridized carbons (Fsp3) is 0.881. The van der Waals surface area contributed by atoms with Crippen LogP contribution in [0.25, 0.3) is 0 Å². The molecule has 11 nitrogen and oxygen atoms in total. The molecular formula is C84H157NO10. The molecule has 0 radical (unpaired) electrons. The van der Waals surface area contributed by atoms with Gasteiger partial charge < -0.3 is 45.1 Å². The van der Waals surface area contributed by atoms with Gasteiger partial charge in [-0.2, -0.15) is 0 Å². The fourth-order valence-electron chi connectivity index (χ4n) is 13.2. The van der Waals surface area contributed by atoms with E-state index in [1.165, 1.54) is 321 Å². The summed E-state index contributed by atoms with van der Waals surface area (Å²) < 4.78 is 16.8. The van der Waals surface area contributed by atoms with Crippen molar-refractivity contribution in [1.82, 2.24) is 5.32 Å². The summed E-state index contributed by atoms with van der Waals surface area (Å²) in [5.74, 6) is -0.172. The van der Waals surface area contributed by atoms with Gasteiger partial charge in [0.25, 0.3) is 0 Å². The molecule has 0 spiro atoms. The van der Waals surface area contributed by atoms with Gasteiger partial charge in [0.05, 0.1) is 32.0 Å². The van der Waals surface area contributed by atoms with Gasteiger partial charge in [0.15, 0.2) is 6.29 Å². The van der Waals surface area contributed by atoms with E-state index in [-0.39, 0.29) is 18.5 Å². The lowest BCUT2D eigenvalue weighted by atomic mass is 9.99. The number of ether oxygens (including phenoxy) is 3. The fourth-order valence-corrected chi connectivity index (χ4v) is 13.2. The zero-order chi connectivity index (χ0) is 68.6. The Bertz CT molecular complexity index is 1720. The van der Waals surface area contributed by atoms with Crippen LogP contribution in [0.1, 0.15) is 412 Å². The zero-order valence-electron chi connectivity index (χ0n) is 62.4. The van der Waals surface area contributed by atoms with Crippen molar-refractivity contribution in [2.75, 3.05) is 19.8 Å². The molecular weight excluding hydrogens is 1180 g/mol. The number of rotatable bonds is 74. The highest BCUT2D eigenvalue weighted by atomic mass is 16.7. The number of amides is 1. The third kappa shape index (κ3) is 61.2. The Morgan fingerprint density at radius 1 is 0.389 bits per heavy atom. The molecule has 95 heavy (non-hydrogen) atoms. The zero-order valence-corrected chi connectivity index (χ0v) is 62.4. The van der Waals surface area contributed by atoms with Crippen LogP contribution in [0.2, 0.25) is 0 Å². The molecule has 11 heteroatoms. The number of carbonyl (C=O) groups excluding carboxylic acids is 2. The molecule has 1 heterocycles. The number of carbonyl (C=O) groups is 2. The van der Waals surface area contributed by atoms with Gasteiger partial charge in [-0.25, -0.2) is 0 Å². The van der Waals surface area contributed by atoms with Gasteiger partial charge in [-0.05, 0) is 89.9 Å². The predicted octanol–water partition coefficient (Wildman–Crippen LogP) is 22.6. The van der Waals surface area contributed by atoms with E-state index in [1.807, 2.05) is 6.08 Å². The van der Waals surface area contributed by atoms with Crippen molar-refractivity contribution < 1.29 is 49.3 Å². The highest BCUT2D eigenvalue weighted by Gasteiger charge is 2.44. The van der Waals surface area contributed by atoms with Gasteiger partial charge in [0.1, 0.15) is 24.4 Å². The van der Waals surface area contributed by atoms with Crippen LogP contribution >= 0.6 is 0 Å². The maximum absolute atomic E-state index is 13.1. The molecule has 0 bridgehead atoms. The average Bonchev–Trinajstić information content (AvgIpc) is 0.883. The van der Waals surface area contributed by atoms with Crippen molar-refractivity contribution in [3.63, 3.8) is 0 Å². The van der Waals surface area contributed by atoms with Crippen molar-refractivity contribution in [2.24, 2.45) is 0 Å². The summed E-state index contributed by atoms with van der Waals surface area (Å²) in [5.41, 5.74) is 0. The summed E-state index contributed by atoms with van der Waals surface area (Å²) in [4.78, 5) is 25.2. The van der Waals surface area contributed by atoms with Crippen molar-refractivity contribution in [3.05, 3.63) is 48.6 Å². The number of allylic oxidation sites excluding steroid dienone is 7. The number of esters is 1. The predicted molar refractivity (Wildman–Crippen MR) is 403 cm³/mol. The second-order valence-corrected chi connectivity index (χ2v) is 28.8. The summed E-state index contributed by atoms with van der Waals surface area (Å²) in [5, 5.41) is 54.5. The third-order valence-electron chi connectivity index (χ3n) is 19.7. The Labute approximate surface area is 586 Å². The summed E-state index contributed by atoms with van der Waals surface area (Å²) in [6.07, 6.45) is 87.3. The molecule has 0 aromatic carbocycles. The van der Waals surface area contributed by atoms with E-state index in [4.69, 9.17) is 14.2 Å². The first-order valence-electron chi connectivity index (χ1n) is 41.4. The molecule has 1 amide bonds. The van der Waals surface area contributed by atoms with E-state index in [0.717, 1.165) is 64.2 Å². The van der Waals surface area contributed by atoms with Crippen molar-refractivity contribution in [1.29, 1.82) is 0 Å². The molecule has 558 valence electrons. The highest BCUT2D eigenvalue weighted by molar-refractivity contribution is 5.76. The summed E-state index contributed by atoms with van der Waals surface area (Å²) in [7, 11) is 0. The van der Waals surface area contributed by atoms with E-state index in [9.17, 15) is 35.1 Å². The number of unbranched alkanes of at least 4 members (excludes halogenated alkanes) is 54. The minimum absolute atomic E-state index is 0.00366. The van der Waals surface area contributed by atoms with Crippen LogP contribution in [0.3, 0.4) is 0 Å². The van der Waals surface area contributed by atoms with E-state index in [1.54, 1.807) is 6.08 Å². The van der Waals surface area contributed by atoms with E-state index in [0.29, 0.717) is 19.4 Å². The summed E-state index contributed by atoms with van der Waals surface area (Å²) >= 11 is 0. The number of aliphatic hydroxyl groups excluding tert-OH is 5. The van der Waals surface area contributed by atoms with E-state index < -0.39 is 49.5 Å². The van der Waals surface area contributed by atoms with Crippen LogP contribution in [-0.2, 0) is 23.8 Å². The van der Waals surface area contributed by atoms with Crippen LogP contribution < -0.4 is 5.32 Å². The molecule has 7 unspecified atom stereocenters. The first-order valence-corrected chi connectivity index (χ1v) is 41.4. The summed E-state index contributed by atoms with van der Waals surface area (Å²) in [6.45, 7) is 4.36. The Morgan fingerprint density at radius 3 is 1.08 bits per heavy atom. The Hall–Kier alpha value is -2.38.